The molecule has 2 aromatic rings. The number of aromatic hydroxyl groups is 1. The maximum atomic E-state index is 13.6. The number of hydrogen-bond donors (Lipinski definition) is 1. The first-order chi connectivity index (χ1) is 10.5. The van der Waals surface area contributed by atoms with Crippen molar-refractivity contribution in [2.75, 3.05) is 6.61 Å². The molecule has 1 aliphatic rings. The molecule has 1 fully saturated rings. The molecular weight excluding hydrogens is 296 g/mol. The summed E-state index contributed by atoms with van der Waals surface area (Å²) in [5, 5.41) is 9.86. The Morgan fingerprint density at radius 1 is 1.45 bits per heavy atom. The number of esters is 1. The smallest absolute Gasteiger partial charge is 0.343 e. The van der Waals surface area contributed by atoms with Gasteiger partial charge >= 0.3 is 5.97 Å². The van der Waals surface area contributed by atoms with E-state index in [2.05, 4.69) is 0 Å². The number of hydrogen-bond acceptors (Lipinski definition) is 4. The van der Waals surface area contributed by atoms with Crippen molar-refractivity contribution < 1.29 is 23.4 Å². The molecule has 1 N–H and O–H groups in total. The number of pyridine rings is 2. The number of carbonyl (C=O) groups excluding carboxylic acids is 1. The summed E-state index contributed by atoms with van der Waals surface area (Å²) in [5.41, 5.74) is -0.766. The Labute approximate surface area is 123 Å². The summed E-state index contributed by atoms with van der Waals surface area (Å²) >= 11 is 0. The largest absolute Gasteiger partial charge is 0.503 e. The van der Waals surface area contributed by atoms with Crippen molar-refractivity contribution in [1.82, 2.24) is 4.40 Å². The molecule has 0 unspecified atom stereocenters. The van der Waals surface area contributed by atoms with Gasteiger partial charge in [-0.2, -0.15) is 4.39 Å². The number of nitrogens with zero attached hydrogens (tertiary/aromatic N) is 1. The van der Waals surface area contributed by atoms with Crippen LogP contribution in [0.1, 0.15) is 41.6 Å². The molecule has 0 radical (unpaired) electrons. The van der Waals surface area contributed by atoms with E-state index in [1.165, 1.54) is 6.07 Å². The van der Waals surface area contributed by atoms with Gasteiger partial charge in [0.15, 0.2) is 11.6 Å². The van der Waals surface area contributed by atoms with Crippen molar-refractivity contribution in [1.29, 1.82) is 0 Å². The SMILES string of the molecule is CCOC(=O)c1cc(C2CC2)c2c(O)c(F)c(F)cn2c1=O. The van der Waals surface area contributed by atoms with Gasteiger partial charge in [0.2, 0.25) is 5.82 Å². The molecule has 2 aromatic heterocycles. The van der Waals surface area contributed by atoms with E-state index in [0.717, 1.165) is 17.2 Å². The summed E-state index contributed by atoms with van der Waals surface area (Å²) in [4.78, 5) is 24.2. The minimum absolute atomic E-state index is 0.000428. The first-order valence-electron chi connectivity index (χ1n) is 6.89. The lowest BCUT2D eigenvalue weighted by atomic mass is 10.1. The van der Waals surface area contributed by atoms with E-state index in [4.69, 9.17) is 4.74 Å². The van der Waals surface area contributed by atoms with Gasteiger partial charge in [-0.05, 0) is 37.3 Å². The Kier molecular flexibility index (Phi) is 3.35. The highest BCUT2D eigenvalue weighted by Crippen LogP contribution is 2.44. The standard InChI is InChI=1S/C15H13F2NO4/c1-2-22-15(21)9-5-8(7-3-4-7)12-13(19)11(17)10(16)6-18(12)14(9)20/h5-7,19H,2-4H2,1H3. The third-order valence-electron chi connectivity index (χ3n) is 3.66. The van der Waals surface area contributed by atoms with E-state index in [-0.39, 0.29) is 23.6 Å². The van der Waals surface area contributed by atoms with Crippen molar-refractivity contribution in [3.05, 3.63) is 45.4 Å². The van der Waals surface area contributed by atoms with Gasteiger partial charge in [0, 0.05) is 0 Å². The summed E-state index contributed by atoms with van der Waals surface area (Å²) in [6.45, 7) is 1.68. The molecule has 0 saturated heterocycles. The van der Waals surface area contributed by atoms with E-state index in [1.54, 1.807) is 6.92 Å². The van der Waals surface area contributed by atoms with Crippen LogP contribution in [0.4, 0.5) is 8.78 Å². The van der Waals surface area contributed by atoms with Crippen LogP contribution in [-0.2, 0) is 4.74 Å². The fourth-order valence-electron chi connectivity index (χ4n) is 2.48. The van der Waals surface area contributed by atoms with Gasteiger partial charge in [-0.1, -0.05) is 0 Å². The van der Waals surface area contributed by atoms with E-state index >= 15 is 0 Å². The zero-order chi connectivity index (χ0) is 16.0. The van der Waals surface area contributed by atoms with Crippen molar-refractivity contribution in [3.63, 3.8) is 0 Å². The Morgan fingerprint density at radius 3 is 2.73 bits per heavy atom. The van der Waals surface area contributed by atoms with Crippen LogP contribution >= 0.6 is 0 Å². The molecule has 1 saturated carbocycles. The monoisotopic (exact) mass is 309 g/mol. The topological polar surface area (TPSA) is 68.0 Å². The molecule has 116 valence electrons. The first-order valence-corrected chi connectivity index (χ1v) is 6.89. The van der Waals surface area contributed by atoms with Gasteiger partial charge < -0.3 is 9.84 Å². The van der Waals surface area contributed by atoms with Gasteiger partial charge in [0.1, 0.15) is 5.56 Å². The molecule has 1 aliphatic carbocycles. The molecule has 5 nitrogen and oxygen atoms in total. The van der Waals surface area contributed by atoms with Crippen molar-refractivity contribution in [2.24, 2.45) is 0 Å². The maximum Gasteiger partial charge on any atom is 0.343 e. The lowest BCUT2D eigenvalue weighted by Gasteiger charge is -2.12. The third kappa shape index (κ3) is 2.13. The van der Waals surface area contributed by atoms with Crippen molar-refractivity contribution in [3.8, 4) is 5.75 Å². The van der Waals surface area contributed by atoms with Gasteiger partial charge in [-0.25, -0.2) is 9.18 Å². The van der Waals surface area contributed by atoms with E-state index in [0.29, 0.717) is 11.8 Å². The Bertz CT molecular complexity index is 840. The molecule has 0 spiro atoms. The zero-order valence-corrected chi connectivity index (χ0v) is 11.7. The van der Waals surface area contributed by atoms with Crippen LogP contribution in [0.3, 0.4) is 0 Å². The van der Waals surface area contributed by atoms with Crippen LogP contribution in [0.2, 0.25) is 0 Å². The fraction of sp³-hybridized carbons (Fsp3) is 0.333. The second kappa shape index (κ2) is 5.08. The van der Waals surface area contributed by atoms with Crippen LogP contribution in [-0.4, -0.2) is 22.1 Å². The Hall–Kier alpha value is -2.44. The second-order valence-corrected chi connectivity index (χ2v) is 5.17. The van der Waals surface area contributed by atoms with Crippen LogP contribution in [0.5, 0.6) is 5.75 Å². The molecular formula is C15H13F2NO4. The third-order valence-corrected chi connectivity index (χ3v) is 3.66. The number of carbonyl (C=O) groups is 1. The molecule has 22 heavy (non-hydrogen) atoms. The average molecular weight is 309 g/mol. The molecule has 3 rings (SSSR count). The second-order valence-electron chi connectivity index (χ2n) is 5.17. The minimum atomic E-state index is -1.41. The van der Waals surface area contributed by atoms with E-state index in [9.17, 15) is 23.5 Å². The lowest BCUT2D eigenvalue weighted by molar-refractivity contribution is 0.0524. The number of rotatable bonds is 3. The van der Waals surface area contributed by atoms with Crippen LogP contribution in [0.15, 0.2) is 17.1 Å². The maximum absolute atomic E-state index is 13.6. The Balaban J connectivity index is 2.38. The van der Waals surface area contributed by atoms with Gasteiger partial charge in [-0.3, -0.25) is 9.20 Å². The summed E-state index contributed by atoms with van der Waals surface area (Å²) in [6, 6.07) is 1.31. The van der Waals surface area contributed by atoms with Crippen LogP contribution < -0.4 is 5.56 Å². The molecule has 0 aliphatic heterocycles. The van der Waals surface area contributed by atoms with Crippen LogP contribution in [0.25, 0.3) is 5.52 Å². The molecule has 0 atom stereocenters. The van der Waals surface area contributed by atoms with E-state index < -0.39 is 28.9 Å². The minimum Gasteiger partial charge on any atom is -0.503 e. The summed E-state index contributed by atoms with van der Waals surface area (Å²) in [7, 11) is 0. The quantitative estimate of drug-likeness (QED) is 0.884. The number of aromatic nitrogens is 1. The summed E-state index contributed by atoms with van der Waals surface area (Å²) < 4.78 is 32.7. The predicted molar refractivity (Wildman–Crippen MR) is 73.2 cm³/mol. The normalized spacial score (nSPS) is 14.3. The summed E-state index contributed by atoms with van der Waals surface area (Å²) in [6.07, 6.45) is 2.21. The number of fused-ring (bicyclic) bond motifs is 1. The number of halogens is 2. The lowest BCUT2D eigenvalue weighted by Crippen LogP contribution is -2.25. The molecule has 2 heterocycles. The van der Waals surface area contributed by atoms with Gasteiger partial charge in [0.25, 0.3) is 5.56 Å². The van der Waals surface area contributed by atoms with Gasteiger partial charge in [0.05, 0.1) is 18.3 Å². The average Bonchev–Trinajstić information content (AvgIpc) is 3.30. The highest BCUT2D eigenvalue weighted by atomic mass is 19.2. The molecule has 0 aromatic carbocycles. The predicted octanol–water partition coefficient (Wildman–Crippen LogP) is 2.34. The first kappa shape index (κ1) is 14.5. The molecule has 0 bridgehead atoms. The molecule has 0 amide bonds. The van der Waals surface area contributed by atoms with Crippen LogP contribution in [0, 0.1) is 11.6 Å². The number of ether oxygens (including phenoxy) is 1. The zero-order valence-electron chi connectivity index (χ0n) is 11.7. The van der Waals surface area contributed by atoms with Gasteiger partial charge in [-0.15, -0.1) is 0 Å². The fourth-order valence-corrected chi connectivity index (χ4v) is 2.48. The Morgan fingerprint density at radius 2 is 2.14 bits per heavy atom. The summed E-state index contributed by atoms with van der Waals surface area (Å²) in [5.74, 6) is -4.53. The van der Waals surface area contributed by atoms with Crippen molar-refractivity contribution >= 4 is 11.5 Å². The van der Waals surface area contributed by atoms with E-state index in [1.807, 2.05) is 0 Å². The molecule has 7 heteroatoms. The highest BCUT2D eigenvalue weighted by Gasteiger charge is 2.31. The highest BCUT2D eigenvalue weighted by molar-refractivity contribution is 5.90. The van der Waals surface area contributed by atoms with Crippen molar-refractivity contribution in [2.45, 2.75) is 25.7 Å².